The minimum absolute atomic E-state index is 0.106. The lowest BCUT2D eigenvalue weighted by atomic mass is 10.1. The predicted octanol–water partition coefficient (Wildman–Crippen LogP) is 0.794. The molecular formula is C14H18ClN3O4. The number of alkyl halides is 1. The smallest absolute Gasteiger partial charge is 0.243 e. The molecule has 1 atom stereocenters. The largest absolute Gasteiger partial charge is 0.467 e. The van der Waals surface area contributed by atoms with Crippen molar-refractivity contribution in [2.75, 3.05) is 12.4 Å². The van der Waals surface area contributed by atoms with Crippen LogP contribution >= 0.6 is 11.6 Å². The molecule has 1 fully saturated rings. The van der Waals surface area contributed by atoms with E-state index in [4.69, 9.17) is 16.0 Å². The minimum atomic E-state index is -0.476. The van der Waals surface area contributed by atoms with Crippen LogP contribution in [0.5, 0.6) is 0 Å². The highest BCUT2D eigenvalue weighted by Gasteiger charge is 2.34. The molecular weight excluding hydrogens is 310 g/mol. The van der Waals surface area contributed by atoms with Gasteiger partial charge in [-0.1, -0.05) is 0 Å². The molecule has 8 heteroatoms. The van der Waals surface area contributed by atoms with Crippen LogP contribution in [0, 0.1) is 5.92 Å². The summed E-state index contributed by atoms with van der Waals surface area (Å²) in [5.41, 5.74) is 4.67. The van der Waals surface area contributed by atoms with Gasteiger partial charge < -0.3 is 9.32 Å². The standard InChI is InChI=1S/C14H18ClN3O4/c15-5-1-4-12(19)16-17-14(21)10-7-13(20)18(8-10)9-11-3-2-6-22-11/h2-3,6,10H,1,4-5,7-9H2,(H,16,19)(H,17,21). The van der Waals surface area contributed by atoms with Gasteiger partial charge in [0.15, 0.2) is 0 Å². The Morgan fingerprint density at radius 3 is 2.91 bits per heavy atom. The van der Waals surface area contributed by atoms with Crippen molar-refractivity contribution in [1.29, 1.82) is 0 Å². The second-order valence-corrected chi connectivity index (χ2v) is 5.46. The molecule has 1 unspecified atom stereocenters. The number of amides is 3. The van der Waals surface area contributed by atoms with Gasteiger partial charge in [-0.3, -0.25) is 25.2 Å². The van der Waals surface area contributed by atoms with Gasteiger partial charge in [0.25, 0.3) is 0 Å². The average Bonchev–Trinajstić information content (AvgIpc) is 3.13. The Morgan fingerprint density at radius 1 is 1.41 bits per heavy atom. The molecule has 1 aliphatic heterocycles. The number of halogens is 1. The number of hydrogen-bond acceptors (Lipinski definition) is 4. The van der Waals surface area contributed by atoms with Gasteiger partial charge in [0.2, 0.25) is 17.7 Å². The molecule has 2 heterocycles. The third-order valence-electron chi connectivity index (χ3n) is 3.37. The van der Waals surface area contributed by atoms with Gasteiger partial charge >= 0.3 is 0 Å². The van der Waals surface area contributed by atoms with Crippen molar-refractivity contribution in [2.24, 2.45) is 5.92 Å². The summed E-state index contributed by atoms with van der Waals surface area (Å²) >= 11 is 5.48. The van der Waals surface area contributed by atoms with E-state index >= 15 is 0 Å². The Labute approximate surface area is 132 Å². The van der Waals surface area contributed by atoms with Gasteiger partial charge in [0.1, 0.15) is 5.76 Å². The first-order chi connectivity index (χ1) is 10.6. The van der Waals surface area contributed by atoms with E-state index < -0.39 is 5.92 Å². The van der Waals surface area contributed by atoms with Crippen molar-refractivity contribution in [3.63, 3.8) is 0 Å². The van der Waals surface area contributed by atoms with Crippen molar-refractivity contribution in [3.05, 3.63) is 24.2 Å². The fourth-order valence-electron chi connectivity index (χ4n) is 2.21. The van der Waals surface area contributed by atoms with Crippen LogP contribution in [0.3, 0.4) is 0 Å². The molecule has 1 aromatic heterocycles. The van der Waals surface area contributed by atoms with Crippen molar-refractivity contribution in [2.45, 2.75) is 25.8 Å². The molecule has 1 saturated heterocycles. The minimum Gasteiger partial charge on any atom is -0.467 e. The third kappa shape index (κ3) is 4.49. The first-order valence-corrected chi connectivity index (χ1v) is 7.58. The lowest BCUT2D eigenvalue weighted by Gasteiger charge is -2.15. The molecule has 1 aromatic rings. The van der Waals surface area contributed by atoms with E-state index in [1.807, 2.05) is 0 Å². The summed E-state index contributed by atoms with van der Waals surface area (Å²) < 4.78 is 5.19. The molecule has 120 valence electrons. The van der Waals surface area contributed by atoms with Crippen LogP contribution < -0.4 is 10.9 Å². The summed E-state index contributed by atoms with van der Waals surface area (Å²) in [7, 11) is 0. The highest BCUT2D eigenvalue weighted by molar-refractivity contribution is 6.17. The molecule has 0 radical (unpaired) electrons. The van der Waals surface area contributed by atoms with Crippen LogP contribution in [-0.2, 0) is 20.9 Å². The van der Waals surface area contributed by atoms with Crippen LogP contribution in [-0.4, -0.2) is 35.0 Å². The van der Waals surface area contributed by atoms with Gasteiger partial charge in [0, 0.05) is 25.3 Å². The molecule has 0 saturated carbocycles. The maximum absolute atomic E-state index is 12.0. The van der Waals surface area contributed by atoms with Gasteiger partial charge in [-0.2, -0.15) is 0 Å². The Bertz CT molecular complexity index is 532. The number of carbonyl (C=O) groups excluding carboxylic acids is 3. The van der Waals surface area contributed by atoms with E-state index in [1.165, 1.54) is 6.26 Å². The summed E-state index contributed by atoms with van der Waals surface area (Å²) in [6.45, 7) is 0.653. The zero-order valence-electron chi connectivity index (χ0n) is 12.0. The van der Waals surface area contributed by atoms with Crippen LogP contribution in [0.2, 0.25) is 0 Å². The number of hydrazine groups is 1. The topological polar surface area (TPSA) is 91.7 Å². The van der Waals surface area contributed by atoms with E-state index in [9.17, 15) is 14.4 Å². The molecule has 0 spiro atoms. The fourth-order valence-corrected chi connectivity index (χ4v) is 2.35. The van der Waals surface area contributed by atoms with Crippen LogP contribution in [0.1, 0.15) is 25.0 Å². The maximum Gasteiger partial charge on any atom is 0.243 e. The lowest BCUT2D eigenvalue weighted by molar-refractivity contribution is -0.131. The zero-order valence-corrected chi connectivity index (χ0v) is 12.8. The van der Waals surface area contributed by atoms with Gasteiger partial charge in [-0.25, -0.2) is 0 Å². The quantitative estimate of drug-likeness (QED) is 0.597. The summed E-state index contributed by atoms with van der Waals surface area (Å²) in [5.74, 6) is -0.190. The number of hydrogen-bond donors (Lipinski definition) is 2. The van der Waals surface area contributed by atoms with E-state index in [0.717, 1.165) is 0 Å². The summed E-state index contributed by atoms with van der Waals surface area (Å²) in [5, 5.41) is 0. The average molecular weight is 328 g/mol. The Balaban J connectivity index is 1.77. The van der Waals surface area contributed by atoms with Gasteiger partial charge in [-0.05, 0) is 18.6 Å². The molecule has 2 rings (SSSR count). The summed E-state index contributed by atoms with van der Waals surface area (Å²) in [4.78, 5) is 36.8. The fraction of sp³-hybridized carbons (Fsp3) is 0.500. The molecule has 0 aliphatic carbocycles. The molecule has 0 aromatic carbocycles. The number of likely N-dealkylation sites (tertiary alicyclic amines) is 1. The van der Waals surface area contributed by atoms with E-state index in [-0.39, 0.29) is 30.6 Å². The molecule has 1 aliphatic rings. The lowest BCUT2D eigenvalue weighted by Crippen LogP contribution is -2.45. The van der Waals surface area contributed by atoms with Crippen LogP contribution in [0.4, 0.5) is 0 Å². The normalized spacial score (nSPS) is 17.6. The molecule has 0 bridgehead atoms. The monoisotopic (exact) mass is 327 g/mol. The number of rotatable bonds is 6. The van der Waals surface area contributed by atoms with Crippen molar-refractivity contribution in [1.82, 2.24) is 15.8 Å². The van der Waals surface area contributed by atoms with E-state index in [0.29, 0.717) is 31.2 Å². The van der Waals surface area contributed by atoms with Crippen LogP contribution in [0.15, 0.2) is 22.8 Å². The van der Waals surface area contributed by atoms with Gasteiger partial charge in [0.05, 0.1) is 18.7 Å². The predicted molar refractivity (Wildman–Crippen MR) is 78.5 cm³/mol. The first-order valence-electron chi connectivity index (χ1n) is 7.05. The SMILES string of the molecule is O=C(CCCCl)NNC(=O)C1CC(=O)N(Cc2ccco2)C1. The number of nitrogens with zero attached hydrogens (tertiary/aromatic N) is 1. The number of furan rings is 1. The highest BCUT2D eigenvalue weighted by atomic mass is 35.5. The van der Waals surface area contributed by atoms with Crippen molar-refractivity contribution >= 4 is 29.3 Å². The number of carbonyl (C=O) groups is 3. The maximum atomic E-state index is 12.0. The third-order valence-corrected chi connectivity index (χ3v) is 3.64. The Morgan fingerprint density at radius 2 is 2.23 bits per heavy atom. The molecule has 7 nitrogen and oxygen atoms in total. The summed E-state index contributed by atoms with van der Waals surface area (Å²) in [6, 6.07) is 3.52. The second kappa shape index (κ2) is 7.84. The second-order valence-electron chi connectivity index (χ2n) is 5.08. The van der Waals surface area contributed by atoms with Crippen molar-refractivity contribution < 1.29 is 18.8 Å². The molecule has 2 N–H and O–H groups in total. The molecule has 3 amide bonds. The zero-order chi connectivity index (χ0) is 15.9. The molecule has 22 heavy (non-hydrogen) atoms. The van der Waals surface area contributed by atoms with Crippen molar-refractivity contribution in [3.8, 4) is 0 Å². The number of nitrogens with one attached hydrogen (secondary N) is 2. The van der Waals surface area contributed by atoms with E-state index in [1.54, 1.807) is 17.0 Å². The summed E-state index contributed by atoms with van der Waals surface area (Å²) in [6.07, 6.45) is 2.46. The van der Waals surface area contributed by atoms with Crippen LogP contribution in [0.25, 0.3) is 0 Å². The Hall–Kier alpha value is -2.02. The van der Waals surface area contributed by atoms with E-state index in [2.05, 4.69) is 10.9 Å². The highest BCUT2D eigenvalue weighted by Crippen LogP contribution is 2.20. The first kappa shape index (κ1) is 16.4. The van der Waals surface area contributed by atoms with Gasteiger partial charge in [-0.15, -0.1) is 11.6 Å². The Kier molecular flexibility index (Phi) is 5.83.